The summed E-state index contributed by atoms with van der Waals surface area (Å²) < 4.78 is 9.59. The van der Waals surface area contributed by atoms with Crippen LogP contribution in [0.2, 0.25) is 10.0 Å². The average Bonchev–Trinajstić information content (AvgIpc) is 2.40. The largest absolute Gasteiger partial charge is 0.459 e. The Morgan fingerprint density at radius 1 is 1.37 bits per heavy atom. The Bertz CT molecular complexity index is 535. The van der Waals surface area contributed by atoms with Gasteiger partial charge in [0.25, 0.3) is 0 Å². The maximum atomic E-state index is 11.6. The summed E-state index contributed by atoms with van der Waals surface area (Å²) in [6, 6.07) is 6.57. The van der Waals surface area contributed by atoms with Gasteiger partial charge in [-0.25, -0.2) is 4.79 Å². The lowest BCUT2D eigenvalue weighted by Crippen LogP contribution is -2.11. The first kappa shape index (κ1) is 15.5. The first-order valence-electron chi connectivity index (χ1n) is 5.31. The standard InChI is InChI=1S/C13H11Cl2NO3/c1-18-4-5-19-13(17)10(8-16)6-9-2-3-11(14)12(15)7-9/h2-3,6-7H,4-5H2,1H3. The number of carbonyl (C=O) groups excluding carboxylic acids is 1. The van der Waals surface area contributed by atoms with Crippen LogP contribution >= 0.6 is 23.2 Å². The molecule has 0 aliphatic rings. The fraction of sp³-hybridized carbons (Fsp3) is 0.231. The molecule has 0 radical (unpaired) electrons. The van der Waals surface area contributed by atoms with Gasteiger partial charge in [-0.05, 0) is 23.8 Å². The van der Waals surface area contributed by atoms with Crippen LogP contribution in [-0.4, -0.2) is 26.3 Å². The van der Waals surface area contributed by atoms with Crippen LogP contribution in [0.1, 0.15) is 5.56 Å². The second-order valence-corrected chi connectivity index (χ2v) is 4.29. The molecule has 0 unspecified atom stereocenters. The van der Waals surface area contributed by atoms with Gasteiger partial charge >= 0.3 is 5.97 Å². The van der Waals surface area contributed by atoms with Crippen LogP contribution in [0.4, 0.5) is 0 Å². The molecule has 0 saturated heterocycles. The third-order valence-corrected chi connectivity index (χ3v) is 2.85. The van der Waals surface area contributed by atoms with Gasteiger partial charge in [0.15, 0.2) is 0 Å². The summed E-state index contributed by atoms with van der Waals surface area (Å²) in [5.41, 5.74) is 0.476. The van der Waals surface area contributed by atoms with Crippen LogP contribution in [0, 0.1) is 11.3 Å². The van der Waals surface area contributed by atoms with Crippen LogP contribution in [0.25, 0.3) is 6.08 Å². The molecule has 100 valence electrons. The summed E-state index contributed by atoms with van der Waals surface area (Å²) in [6.45, 7) is 0.368. The number of rotatable bonds is 5. The van der Waals surface area contributed by atoms with Crippen LogP contribution in [0.15, 0.2) is 23.8 Å². The van der Waals surface area contributed by atoms with Gasteiger partial charge in [0.2, 0.25) is 0 Å². The fourth-order valence-corrected chi connectivity index (χ4v) is 1.51. The van der Waals surface area contributed by atoms with E-state index < -0.39 is 5.97 Å². The molecule has 1 aromatic carbocycles. The summed E-state index contributed by atoms with van der Waals surface area (Å²) in [6.07, 6.45) is 1.39. The Hall–Kier alpha value is -1.54. The van der Waals surface area contributed by atoms with E-state index >= 15 is 0 Å². The first-order valence-corrected chi connectivity index (χ1v) is 6.07. The Kier molecular flexibility index (Phi) is 6.37. The maximum absolute atomic E-state index is 11.6. The van der Waals surface area contributed by atoms with Gasteiger partial charge in [0, 0.05) is 7.11 Å². The molecule has 0 aliphatic carbocycles. The van der Waals surface area contributed by atoms with Gasteiger partial charge in [-0.2, -0.15) is 5.26 Å². The number of nitriles is 1. The molecule has 0 saturated carbocycles. The Labute approximate surface area is 121 Å². The molecule has 1 rings (SSSR count). The molecule has 0 bridgehead atoms. The fourth-order valence-electron chi connectivity index (χ4n) is 1.20. The number of esters is 1. The SMILES string of the molecule is COCCOC(=O)C(C#N)=Cc1ccc(Cl)c(Cl)c1. The first-order chi connectivity index (χ1) is 9.08. The maximum Gasteiger partial charge on any atom is 0.348 e. The molecular weight excluding hydrogens is 289 g/mol. The zero-order chi connectivity index (χ0) is 14.3. The van der Waals surface area contributed by atoms with Crippen molar-refractivity contribution in [2.45, 2.75) is 0 Å². The average molecular weight is 300 g/mol. The number of nitrogens with zero attached hydrogens (tertiary/aromatic N) is 1. The van der Waals surface area contributed by atoms with Crippen molar-refractivity contribution in [1.82, 2.24) is 0 Å². The second-order valence-electron chi connectivity index (χ2n) is 3.47. The molecule has 0 aliphatic heterocycles. The Morgan fingerprint density at radius 2 is 2.11 bits per heavy atom. The molecule has 0 aromatic heterocycles. The Morgan fingerprint density at radius 3 is 2.68 bits per heavy atom. The number of methoxy groups -OCH3 is 1. The molecule has 1 aromatic rings. The number of ether oxygens (including phenoxy) is 2. The van der Waals surface area contributed by atoms with Crippen LogP contribution < -0.4 is 0 Å². The van der Waals surface area contributed by atoms with E-state index in [1.807, 2.05) is 0 Å². The van der Waals surface area contributed by atoms with Gasteiger partial charge in [0.05, 0.1) is 16.7 Å². The minimum Gasteiger partial charge on any atom is -0.459 e. The van der Waals surface area contributed by atoms with E-state index in [1.54, 1.807) is 24.3 Å². The molecule has 0 fully saturated rings. The summed E-state index contributed by atoms with van der Waals surface area (Å²) >= 11 is 11.6. The molecule has 0 amide bonds. The van der Waals surface area contributed by atoms with Crippen molar-refractivity contribution in [3.63, 3.8) is 0 Å². The van der Waals surface area contributed by atoms with Crippen molar-refractivity contribution in [3.8, 4) is 6.07 Å². The Balaban J connectivity index is 2.84. The van der Waals surface area contributed by atoms with Crippen LogP contribution in [-0.2, 0) is 14.3 Å². The van der Waals surface area contributed by atoms with E-state index in [9.17, 15) is 4.79 Å². The normalized spacial score (nSPS) is 10.9. The van der Waals surface area contributed by atoms with Crippen molar-refractivity contribution in [2.75, 3.05) is 20.3 Å². The van der Waals surface area contributed by atoms with E-state index in [-0.39, 0.29) is 18.8 Å². The van der Waals surface area contributed by atoms with E-state index in [0.717, 1.165) is 0 Å². The topological polar surface area (TPSA) is 59.3 Å². The highest BCUT2D eigenvalue weighted by Gasteiger charge is 2.10. The number of hydrogen-bond acceptors (Lipinski definition) is 4. The lowest BCUT2D eigenvalue weighted by Gasteiger charge is -2.03. The number of carbonyl (C=O) groups is 1. The molecule has 0 atom stereocenters. The second kappa shape index (κ2) is 7.80. The zero-order valence-electron chi connectivity index (χ0n) is 10.2. The highest BCUT2D eigenvalue weighted by molar-refractivity contribution is 6.42. The zero-order valence-corrected chi connectivity index (χ0v) is 11.7. The quantitative estimate of drug-likeness (QED) is 0.363. The van der Waals surface area contributed by atoms with Gasteiger partial charge in [-0.1, -0.05) is 29.3 Å². The molecule has 19 heavy (non-hydrogen) atoms. The van der Waals surface area contributed by atoms with Gasteiger partial charge in [-0.15, -0.1) is 0 Å². The lowest BCUT2D eigenvalue weighted by molar-refractivity contribution is -0.139. The van der Waals surface area contributed by atoms with Crippen molar-refractivity contribution in [3.05, 3.63) is 39.4 Å². The lowest BCUT2D eigenvalue weighted by atomic mass is 10.1. The summed E-state index contributed by atoms with van der Waals surface area (Å²) in [5.74, 6) is -0.703. The van der Waals surface area contributed by atoms with Crippen molar-refractivity contribution < 1.29 is 14.3 Å². The predicted molar refractivity (Wildman–Crippen MR) is 72.9 cm³/mol. The molecule has 4 nitrogen and oxygen atoms in total. The van der Waals surface area contributed by atoms with E-state index in [1.165, 1.54) is 13.2 Å². The van der Waals surface area contributed by atoms with Crippen molar-refractivity contribution in [2.24, 2.45) is 0 Å². The van der Waals surface area contributed by atoms with E-state index in [0.29, 0.717) is 15.6 Å². The summed E-state index contributed by atoms with van der Waals surface area (Å²) in [4.78, 5) is 11.6. The number of benzene rings is 1. The molecule has 6 heteroatoms. The van der Waals surface area contributed by atoms with Crippen molar-refractivity contribution >= 4 is 35.2 Å². The number of hydrogen-bond donors (Lipinski definition) is 0. The highest BCUT2D eigenvalue weighted by atomic mass is 35.5. The molecular formula is C13H11Cl2NO3. The van der Waals surface area contributed by atoms with E-state index in [4.69, 9.17) is 37.9 Å². The van der Waals surface area contributed by atoms with Crippen LogP contribution in [0.5, 0.6) is 0 Å². The smallest absolute Gasteiger partial charge is 0.348 e. The summed E-state index contributed by atoms with van der Waals surface area (Å²) in [7, 11) is 1.49. The summed E-state index contributed by atoms with van der Waals surface area (Å²) in [5, 5.41) is 9.68. The predicted octanol–water partition coefficient (Wildman–Crippen LogP) is 3.09. The molecule has 0 heterocycles. The van der Waals surface area contributed by atoms with E-state index in [2.05, 4.69) is 0 Å². The molecule has 0 spiro atoms. The minimum atomic E-state index is -0.703. The van der Waals surface area contributed by atoms with Gasteiger partial charge in [0.1, 0.15) is 18.2 Å². The minimum absolute atomic E-state index is 0.0930. The molecule has 0 N–H and O–H groups in total. The van der Waals surface area contributed by atoms with Gasteiger partial charge in [-0.3, -0.25) is 0 Å². The third-order valence-electron chi connectivity index (χ3n) is 2.12. The van der Waals surface area contributed by atoms with Crippen LogP contribution in [0.3, 0.4) is 0 Å². The van der Waals surface area contributed by atoms with Gasteiger partial charge < -0.3 is 9.47 Å². The third kappa shape index (κ3) is 4.92. The van der Waals surface area contributed by atoms with Crippen molar-refractivity contribution in [1.29, 1.82) is 5.26 Å². The highest BCUT2D eigenvalue weighted by Crippen LogP contribution is 2.23. The number of halogens is 2. The monoisotopic (exact) mass is 299 g/mol.